The van der Waals surface area contributed by atoms with Crippen LogP contribution in [0.3, 0.4) is 0 Å². The summed E-state index contributed by atoms with van der Waals surface area (Å²) in [6.07, 6.45) is 5.02. The number of carbonyl (C=O) groups is 1. The van der Waals surface area contributed by atoms with E-state index in [0.29, 0.717) is 5.78 Å². The van der Waals surface area contributed by atoms with Crippen LogP contribution in [0.4, 0.5) is 0 Å². The molecule has 0 aliphatic heterocycles. The minimum absolute atomic E-state index is 0. The van der Waals surface area contributed by atoms with Crippen molar-refractivity contribution < 1.29 is 4.79 Å². The Bertz CT molecular complexity index is 480. The second-order valence-electron chi connectivity index (χ2n) is 5.44. The van der Waals surface area contributed by atoms with Crippen molar-refractivity contribution in [2.45, 2.75) is 19.3 Å². The van der Waals surface area contributed by atoms with E-state index < -0.39 is 0 Å². The van der Waals surface area contributed by atoms with Crippen molar-refractivity contribution in [2.24, 2.45) is 5.92 Å². The average molecular weight is 314 g/mol. The van der Waals surface area contributed by atoms with Crippen LogP contribution in [0.5, 0.6) is 0 Å². The summed E-state index contributed by atoms with van der Waals surface area (Å²) in [6, 6.07) is 7.63. The van der Waals surface area contributed by atoms with Gasteiger partial charge >= 0.3 is 0 Å². The molecule has 0 spiro atoms. The summed E-state index contributed by atoms with van der Waals surface area (Å²) in [5.74, 6) is 0.470. The molecule has 0 bridgehead atoms. The highest BCUT2D eigenvalue weighted by molar-refractivity contribution is 6.30. The normalized spacial score (nSPS) is 21.1. The molecule has 0 N–H and O–H groups in total. The molecule has 1 atom stereocenters. The van der Waals surface area contributed by atoms with Gasteiger partial charge in [0.2, 0.25) is 0 Å². The maximum absolute atomic E-state index is 12.4. The van der Waals surface area contributed by atoms with Gasteiger partial charge in [0.25, 0.3) is 0 Å². The van der Waals surface area contributed by atoms with E-state index in [9.17, 15) is 4.79 Å². The Morgan fingerprint density at radius 3 is 2.55 bits per heavy atom. The predicted octanol–water partition coefficient (Wildman–Crippen LogP) is 4.08. The molecule has 1 aliphatic carbocycles. The number of nitrogens with zero attached hydrogens (tertiary/aromatic N) is 1. The highest BCUT2D eigenvalue weighted by Gasteiger charge is 2.26. The molecule has 4 heteroatoms. The standard InChI is InChI=1S/C16H20ClNO.ClH/c1-18(2)11-14-5-3-4-13(16(14)19)10-12-6-8-15(17)9-7-12;/h6-10,14H,3-5,11H2,1-2H3;1H. The van der Waals surface area contributed by atoms with E-state index in [1.807, 2.05) is 44.4 Å². The summed E-state index contributed by atoms with van der Waals surface area (Å²) in [6.45, 7) is 0.844. The van der Waals surface area contributed by atoms with E-state index in [-0.39, 0.29) is 18.3 Å². The summed E-state index contributed by atoms with van der Waals surface area (Å²) in [7, 11) is 4.04. The number of rotatable bonds is 3. The fourth-order valence-electron chi connectivity index (χ4n) is 2.57. The molecule has 1 fully saturated rings. The monoisotopic (exact) mass is 313 g/mol. The zero-order valence-corrected chi connectivity index (χ0v) is 13.5. The quantitative estimate of drug-likeness (QED) is 0.784. The predicted molar refractivity (Wildman–Crippen MR) is 87.6 cm³/mol. The zero-order valence-electron chi connectivity index (χ0n) is 11.9. The van der Waals surface area contributed by atoms with Gasteiger partial charge in [0.05, 0.1) is 0 Å². The Kier molecular flexibility index (Phi) is 6.74. The second-order valence-corrected chi connectivity index (χ2v) is 5.87. The Labute approximate surface area is 132 Å². The number of ketones is 1. The lowest BCUT2D eigenvalue weighted by Gasteiger charge is -2.25. The largest absolute Gasteiger partial charge is 0.309 e. The third kappa shape index (κ3) is 4.62. The van der Waals surface area contributed by atoms with Crippen LogP contribution < -0.4 is 0 Å². The van der Waals surface area contributed by atoms with Crippen molar-refractivity contribution in [3.8, 4) is 0 Å². The number of hydrogen-bond donors (Lipinski definition) is 0. The molecule has 1 saturated carbocycles. The molecule has 1 aromatic rings. The first-order valence-corrected chi connectivity index (χ1v) is 7.09. The molecule has 0 saturated heterocycles. The molecule has 0 amide bonds. The van der Waals surface area contributed by atoms with Crippen LogP contribution in [0.25, 0.3) is 6.08 Å². The number of halogens is 2. The maximum atomic E-state index is 12.4. The van der Waals surface area contributed by atoms with Gasteiger partial charge in [-0.25, -0.2) is 0 Å². The minimum Gasteiger partial charge on any atom is -0.309 e. The van der Waals surface area contributed by atoms with E-state index in [1.165, 1.54) is 0 Å². The third-order valence-corrected chi connectivity index (χ3v) is 3.73. The first kappa shape index (κ1) is 17.2. The van der Waals surface area contributed by atoms with Gasteiger partial charge < -0.3 is 4.90 Å². The van der Waals surface area contributed by atoms with Crippen LogP contribution >= 0.6 is 24.0 Å². The van der Waals surface area contributed by atoms with Gasteiger partial charge in [-0.1, -0.05) is 23.7 Å². The minimum atomic E-state index is 0. The SMILES string of the molecule is CN(C)CC1CCCC(=Cc2ccc(Cl)cc2)C1=O.Cl. The van der Waals surface area contributed by atoms with Gasteiger partial charge in [-0.05, 0) is 62.7 Å². The lowest BCUT2D eigenvalue weighted by molar-refractivity contribution is -0.120. The van der Waals surface area contributed by atoms with Crippen LogP contribution in [-0.4, -0.2) is 31.3 Å². The Hall–Kier alpha value is -0.830. The molecule has 0 radical (unpaired) electrons. The van der Waals surface area contributed by atoms with Gasteiger partial charge in [0, 0.05) is 17.5 Å². The Morgan fingerprint density at radius 2 is 1.95 bits per heavy atom. The van der Waals surface area contributed by atoms with E-state index in [4.69, 9.17) is 11.6 Å². The van der Waals surface area contributed by atoms with Crippen molar-refractivity contribution in [3.05, 3.63) is 40.4 Å². The van der Waals surface area contributed by atoms with Crippen LogP contribution in [0.1, 0.15) is 24.8 Å². The molecule has 1 unspecified atom stereocenters. The molecule has 110 valence electrons. The summed E-state index contributed by atoms with van der Waals surface area (Å²) in [4.78, 5) is 14.5. The molecule has 0 aromatic heterocycles. The molecule has 0 heterocycles. The number of allylic oxidation sites excluding steroid dienone is 1. The molecular formula is C16H21Cl2NO. The van der Waals surface area contributed by atoms with Gasteiger partial charge in [-0.2, -0.15) is 0 Å². The van der Waals surface area contributed by atoms with E-state index in [0.717, 1.165) is 42.0 Å². The van der Waals surface area contributed by atoms with Crippen LogP contribution in [-0.2, 0) is 4.79 Å². The van der Waals surface area contributed by atoms with Crippen molar-refractivity contribution in [1.29, 1.82) is 0 Å². The van der Waals surface area contributed by atoms with E-state index in [1.54, 1.807) is 0 Å². The average Bonchev–Trinajstić information content (AvgIpc) is 2.36. The maximum Gasteiger partial charge on any atom is 0.163 e. The van der Waals surface area contributed by atoms with Crippen LogP contribution in [0, 0.1) is 5.92 Å². The summed E-state index contributed by atoms with van der Waals surface area (Å²) >= 11 is 5.87. The molecular weight excluding hydrogens is 293 g/mol. The Balaban J connectivity index is 0.00000200. The van der Waals surface area contributed by atoms with E-state index in [2.05, 4.69) is 4.90 Å². The summed E-state index contributed by atoms with van der Waals surface area (Å²) in [5.41, 5.74) is 2.01. The highest BCUT2D eigenvalue weighted by Crippen LogP contribution is 2.27. The fourth-order valence-corrected chi connectivity index (χ4v) is 2.70. The van der Waals surface area contributed by atoms with Crippen molar-refractivity contribution in [2.75, 3.05) is 20.6 Å². The smallest absolute Gasteiger partial charge is 0.163 e. The van der Waals surface area contributed by atoms with Gasteiger partial charge in [-0.15, -0.1) is 12.4 Å². The molecule has 2 nitrogen and oxygen atoms in total. The van der Waals surface area contributed by atoms with Gasteiger partial charge in [0.15, 0.2) is 5.78 Å². The van der Waals surface area contributed by atoms with Crippen molar-refractivity contribution >= 4 is 35.9 Å². The number of Topliss-reactive ketones (excluding diaryl/α,β-unsaturated/α-hetero) is 1. The molecule has 2 rings (SSSR count). The highest BCUT2D eigenvalue weighted by atomic mass is 35.5. The lowest BCUT2D eigenvalue weighted by atomic mass is 9.83. The molecule has 20 heavy (non-hydrogen) atoms. The van der Waals surface area contributed by atoms with Crippen molar-refractivity contribution in [3.63, 3.8) is 0 Å². The first-order chi connectivity index (χ1) is 9.06. The number of benzene rings is 1. The second kappa shape index (κ2) is 7.82. The summed E-state index contributed by atoms with van der Waals surface area (Å²) in [5, 5.41) is 0.725. The number of carbonyl (C=O) groups excluding carboxylic acids is 1. The van der Waals surface area contributed by atoms with Crippen LogP contribution in [0.2, 0.25) is 5.02 Å². The lowest BCUT2D eigenvalue weighted by Crippen LogP contribution is -2.31. The third-order valence-electron chi connectivity index (χ3n) is 3.48. The molecule has 1 aliphatic rings. The first-order valence-electron chi connectivity index (χ1n) is 6.71. The van der Waals surface area contributed by atoms with Crippen LogP contribution in [0.15, 0.2) is 29.8 Å². The fraction of sp³-hybridized carbons (Fsp3) is 0.438. The van der Waals surface area contributed by atoms with Gasteiger partial charge in [-0.3, -0.25) is 4.79 Å². The molecule has 1 aromatic carbocycles. The van der Waals surface area contributed by atoms with Gasteiger partial charge in [0.1, 0.15) is 0 Å². The summed E-state index contributed by atoms with van der Waals surface area (Å²) < 4.78 is 0. The zero-order chi connectivity index (χ0) is 13.8. The topological polar surface area (TPSA) is 20.3 Å². The Morgan fingerprint density at radius 1 is 1.30 bits per heavy atom. The van der Waals surface area contributed by atoms with Crippen molar-refractivity contribution in [1.82, 2.24) is 4.90 Å². The van der Waals surface area contributed by atoms with E-state index >= 15 is 0 Å². The number of hydrogen-bond acceptors (Lipinski definition) is 2.